The maximum absolute atomic E-state index is 11.6. The highest BCUT2D eigenvalue weighted by atomic mass is 16.2. The van der Waals surface area contributed by atoms with E-state index in [2.05, 4.69) is 10.2 Å². The van der Waals surface area contributed by atoms with Crippen molar-refractivity contribution in [3.05, 3.63) is 12.2 Å². The van der Waals surface area contributed by atoms with Gasteiger partial charge in [0.05, 0.1) is 6.54 Å². The molecule has 1 N–H and O–H groups in total. The second-order valence-electron chi connectivity index (χ2n) is 4.05. The van der Waals surface area contributed by atoms with Gasteiger partial charge < -0.3 is 10.2 Å². The molecule has 1 aliphatic heterocycles. The van der Waals surface area contributed by atoms with E-state index in [1.54, 1.807) is 12.2 Å². The van der Waals surface area contributed by atoms with Crippen LogP contribution < -0.4 is 5.32 Å². The minimum atomic E-state index is 0.0562. The van der Waals surface area contributed by atoms with Crippen molar-refractivity contribution in [3.8, 4) is 0 Å². The number of hydrogen-bond acceptors (Lipinski definition) is 3. The Kier molecular flexibility index (Phi) is 5.69. The third kappa shape index (κ3) is 4.56. The van der Waals surface area contributed by atoms with E-state index in [4.69, 9.17) is 0 Å². The van der Waals surface area contributed by atoms with Gasteiger partial charge in [-0.3, -0.25) is 14.5 Å². The number of carbonyl (C=O) groups excluding carboxylic acids is 2. The van der Waals surface area contributed by atoms with Gasteiger partial charge in [0.25, 0.3) is 0 Å². The molecule has 1 heterocycles. The lowest BCUT2D eigenvalue weighted by molar-refractivity contribution is -0.128. The molecule has 0 spiro atoms. The van der Waals surface area contributed by atoms with E-state index in [0.717, 1.165) is 13.1 Å². The van der Waals surface area contributed by atoms with Crippen LogP contribution in [0.5, 0.6) is 0 Å². The molecule has 1 saturated heterocycles. The Morgan fingerprint density at radius 1 is 1.24 bits per heavy atom. The Morgan fingerprint density at radius 2 is 1.88 bits per heavy atom. The summed E-state index contributed by atoms with van der Waals surface area (Å²) in [6, 6.07) is 0. The van der Waals surface area contributed by atoms with Crippen LogP contribution >= 0.6 is 0 Å². The van der Waals surface area contributed by atoms with Gasteiger partial charge in [-0.2, -0.15) is 0 Å². The van der Waals surface area contributed by atoms with Crippen molar-refractivity contribution < 1.29 is 9.59 Å². The van der Waals surface area contributed by atoms with E-state index in [9.17, 15) is 9.59 Å². The highest BCUT2D eigenvalue weighted by Gasteiger charge is 2.20. The summed E-state index contributed by atoms with van der Waals surface area (Å²) in [6.07, 6.45) is 3.34. The topological polar surface area (TPSA) is 52.7 Å². The van der Waals surface area contributed by atoms with Crippen LogP contribution in [0.1, 0.15) is 13.8 Å². The molecule has 0 aromatic heterocycles. The van der Waals surface area contributed by atoms with Gasteiger partial charge in [-0.05, 0) is 19.9 Å². The number of hydrogen-bond donors (Lipinski definition) is 1. The molecule has 5 nitrogen and oxygen atoms in total. The second-order valence-corrected chi connectivity index (χ2v) is 4.05. The van der Waals surface area contributed by atoms with Crippen LogP contribution in [0.3, 0.4) is 0 Å². The summed E-state index contributed by atoms with van der Waals surface area (Å²) in [4.78, 5) is 26.8. The minimum absolute atomic E-state index is 0.0562. The maximum Gasteiger partial charge on any atom is 0.246 e. The van der Waals surface area contributed by atoms with Gasteiger partial charge in [0.15, 0.2) is 0 Å². The molecule has 2 amide bonds. The zero-order chi connectivity index (χ0) is 12.7. The Bertz CT molecular complexity index is 294. The molecule has 1 rings (SSSR count). The summed E-state index contributed by atoms with van der Waals surface area (Å²) in [5.41, 5.74) is 0. The zero-order valence-corrected chi connectivity index (χ0v) is 10.6. The summed E-state index contributed by atoms with van der Waals surface area (Å²) in [6.45, 7) is 7.76. The molecule has 0 bridgehead atoms. The molecule has 0 radical (unpaired) electrons. The summed E-state index contributed by atoms with van der Waals surface area (Å²) in [5, 5.41) is 2.77. The average molecular weight is 239 g/mol. The van der Waals surface area contributed by atoms with Crippen molar-refractivity contribution in [3.63, 3.8) is 0 Å². The van der Waals surface area contributed by atoms with E-state index in [0.29, 0.717) is 26.2 Å². The summed E-state index contributed by atoms with van der Waals surface area (Å²) < 4.78 is 0. The fourth-order valence-corrected chi connectivity index (χ4v) is 1.83. The standard InChI is InChI=1S/C12H21N3O2/c1-3-5-12(17)15-8-6-14(7-9-15)10-11(16)13-4-2/h3,5H,4,6-10H2,1-2H3,(H,13,16). The number of piperazine rings is 1. The first-order chi connectivity index (χ1) is 8.17. The van der Waals surface area contributed by atoms with Gasteiger partial charge in [0.2, 0.25) is 11.8 Å². The molecular weight excluding hydrogens is 218 g/mol. The van der Waals surface area contributed by atoms with Crippen LogP contribution in [0.4, 0.5) is 0 Å². The van der Waals surface area contributed by atoms with E-state index in [1.165, 1.54) is 0 Å². The van der Waals surface area contributed by atoms with Crippen molar-refractivity contribution in [2.75, 3.05) is 39.3 Å². The second kappa shape index (κ2) is 7.06. The number of amides is 2. The summed E-state index contributed by atoms with van der Waals surface area (Å²) in [7, 11) is 0. The SMILES string of the molecule is CC=CC(=O)N1CCN(CC(=O)NCC)CC1. The third-order valence-electron chi connectivity index (χ3n) is 2.73. The molecule has 0 unspecified atom stereocenters. The Labute approximate surface area is 102 Å². The van der Waals surface area contributed by atoms with Crippen molar-refractivity contribution in [1.29, 1.82) is 0 Å². The number of rotatable bonds is 4. The van der Waals surface area contributed by atoms with E-state index < -0.39 is 0 Å². The normalized spacial score (nSPS) is 17.4. The third-order valence-corrected chi connectivity index (χ3v) is 2.73. The molecule has 0 saturated carbocycles. The van der Waals surface area contributed by atoms with Crippen molar-refractivity contribution in [2.45, 2.75) is 13.8 Å². The van der Waals surface area contributed by atoms with Crippen molar-refractivity contribution in [2.24, 2.45) is 0 Å². The van der Waals surface area contributed by atoms with E-state index in [1.807, 2.05) is 18.7 Å². The quantitative estimate of drug-likeness (QED) is 0.694. The van der Waals surface area contributed by atoms with Crippen LogP contribution in [0.2, 0.25) is 0 Å². The van der Waals surface area contributed by atoms with Crippen molar-refractivity contribution in [1.82, 2.24) is 15.1 Å². The molecular formula is C12H21N3O2. The molecule has 0 aromatic rings. The first-order valence-electron chi connectivity index (χ1n) is 6.08. The van der Waals surface area contributed by atoms with E-state index >= 15 is 0 Å². The average Bonchev–Trinajstić information content (AvgIpc) is 2.30. The van der Waals surface area contributed by atoms with Crippen LogP contribution in [0, 0.1) is 0 Å². The lowest BCUT2D eigenvalue weighted by atomic mass is 10.3. The highest BCUT2D eigenvalue weighted by molar-refractivity contribution is 5.87. The minimum Gasteiger partial charge on any atom is -0.355 e. The fourth-order valence-electron chi connectivity index (χ4n) is 1.83. The highest BCUT2D eigenvalue weighted by Crippen LogP contribution is 2.02. The number of nitrogens with zero attached hydrogens (tertiary/aromatic N) is 2. The zero-order valence-electron chi connectivity index (χ0n) is 10.6. The maximum atomic E-state index is 11.6. The van der Waals surface area contributed by atoms with Crippen LogP contribution in [-0.2, 0) is 9.59 Å². The van der Waals surface area contributed by atoms with Gasteiger partial charge in [0.1, 0.15) is 0 Å². The van der Waals surface area contributed by atoms with Crippen LogP contribution in [0.25, 0.3) is 0 Å². The molecule has 0 atom stereocenters. The molecule has 1 aliphatic rings. The number of carbonyl (C=O) groups is 2. The number of nitrogens with one attached hydrogen (secondary N) is 1. The first kappa shape index (κ1) is 13.7. The van der Waals surface area contributed by atoms with Gasteiger partial charge in [-0.1, -0.05) is 6.08 Å². The fraction of sp³-hybridized carbons (Fsp3) is 0.667. The van der Waals surface area contributed by atoms with Gasteiger partial charge in [-0.25, -0.2) is 0 Å². The molecule has 0 aromatic carbocycles. The summed E-state index contributed by atoms with van der Waals surface area (Å²) in [5.74, 6) is 0.117. The molecule has 96 valence electrons. The van der Waals surface area contributed by atoms with E-state index in [-0.39, 0.29) is 11.8 Å². The Balaban J connectivity index is 2.30. The van der Waals surface area contributed by atoms with Gasteiger partial charge in [0, 0.05) is 32.7 Å². The molecule has 1 fully saturated rings. The number of allylic oxidation sites excluding steroid dienone is 1. The predicted molar refractivity (Wildman–Crippen MR) is 66.5 cm³/mol. The molecule has 0 aliphatic carbocycles. The molecule has 17 heavy (non-hydrogen) atoms. The molecule has 5 heteroatoms. The first-order valence-corrected chi connectivity index (χ1v) is 6.08. The Hall–Kier alpha value is -1.36. The monoisotopic (exact) mass is 239 g/mol. The van der Waals surface area contributed by atoms with Crippen LogP contribution in [0.15, 0.2) is 12.2 Å². The largest absolute Gasteiger partial charge is 0.355 e. The lowest BCUT2D eigenvalue weighted by Crippen LogP contribution is -2.50. The van der Waals surface area contributed by atoms with Crippen molar-refractivity contribution >= 4 is 11.8 Å². The number of likely N-dealkylation sites (N-methyl/N-ethyl adjacent to an activating group) is 1. The Morgan fingerprint density at radius 3 is 2.41 bits per heavy atom. The summed E-state index contributed by atoms with van der Waals surface area (Å²) >= 11 is 0. The lowest BCUT2D eigenvalue weighted by Gasteiger charge is -2.33. The van der Waals surface area contributed by atoms with Gasteiger partial charge >= 0.3 is 0 Å². The van der Waals surface area contributed by atoms with Crippen LogP contribution in [-0.4, -0.2) is 60.9 Å². The smallest absolute Gasteiger partial charge is 0.246 e. The predicted octanol–water partition coefficient (Wildman–Crippen LogP) is -0.157. The van der Waals surface area contributed by atoms with Gasteiger partial charge in [-0.15, -0.1) is 0 Å².